The monoisotopic (exact) mass is 333 g/mol. The highest BCUT2D eigenvalue weighted by atomic mass is 35.5. The van der Waals surface area contributed by atoms with Crippen molar-refractivity contribution in [1.82, 2.24) is 4.98 Å². The molecule has 3 aromatic rings. The maximum absolute atomic E-state index is 12.2. The zero-order chi connectivity index (χ0) is 15.9. The molecule has 0 fully saturated rings. The minimum absolute atomic E-state index is 0.0651. The molecule has 0 saturated carbocycles. The average Bonchev–Trinajstić information content (AvgIpc) is 2.46. The van der Waals surface area contributed by atoms with Crippen LogP contribution in [0.1, 0.15) is 10.4 Å². The number of nitrogens with one attached hydrogen (secondary N) is 1. The van der Waals surface area contributed by atoms with Gasteiger partial charge in [-0.15, -0.1) is 0 Å². The van der Waals surface area contributed by atoms with Gasteiger partial charge in [0.15, 0.2) is 5.43 Å². The zero-order valence-electron chi connectivity index (χ0n) is 11.1. The number of halogens is 2. The molecule has 0 saturated heterocycles. The van der Waals surface area contributed by atoms with Crippen molar-refractivity contribution in [2.24, 2.45) is 0 Å². The lowest BCUT2D eigenvalue weighted by Crippen LogP contribution is -2.05. The van der Waals surface area contributed by atoms with Crippen LogP contribution in [0.5, 0.6) is 0 Å². The third-order valence-electron chi connectivity index (χ3n) is 3.30. The van der Waals surface area contributed by atoms with Crippen LogP contribution in [0, 0.1) is 0 Å². The first kappa shape index (κ1) is 14.6. The predicted octanol–water partition coefficient (Wildman–Crippen LogP) is 4.20. The average molecular weight is 334 g/mol. The summed E-state index contributed by atoms with van der Waals surface area (Å²) in [7, 11) is 0. The summed E-state index contributed by atoms with van der Waals surface area (Å²) in [5.74, 6) is -1.08. The second-order valence-electron chi connectivity index (χ2n) is 4.74. The number of rotatable bonds is 2. The van der Waals surface area contributed by atoms with Crippen LogP contribution in [-0.2, 0) is 0 Å². The van der Waals surface area contributed by atoms with E-state index in [9.17, 15) is 9.59 Å². The molecule has 110 valence electrons. The molecule has 0 aliphatic carbocycles. The van der Waals surface area contributed by atoms with Gasteiger partial charge in [0.1, 0.15) is 0 Å². The van der Waals surface area contributed by atoms with Gasteiger partial charge in [0, 0.05) is 27.6 Å². The first-order valence-electron chi connectivity index (χ1n) is 6.31. The minimum atomic E-state index is -1.08. The Morgan fingerprint density at radius 2 is 1.82 bits per heavy atom. The topological polar surface area (TPSA) is 70.2 Å². The Morgan fingerprint density at radius 1 is 1.05 bits per heavy atom. The number of aromatic amines is 1. The first-order chi connectivity index (χ1) is 10.5. The van der Waals surface area contributed by atoms with Crippen LogP contribution in [-0.4, -0.2) is 16.1 Å². The molecule has 4 nitrogen and oxygen atoms in total. The summed E-state index contributed by atoms with van der Waals surface area (Å²) in [4.78, 5) is 26.3. The highest BCUT2D eigenvalue weighted by Crippen LogP contribution is 2.29. The van der Waals surface area contributed by atoms with Crippen LogP contribution >= 0.6 is 23.2 Å². The Hall–Kier alpha value is -2.30. The highest BCUT2D eigenvalue weighted by molar-refractivity contribution is 6.36. The van der Waals surface area contributed by atoms with Crippen molar-refractivity contribution in [3.05, 3.63) is 68.3 Å². The van der Waals surface area contributed by atoms with Crippen LogP contribution in [0.3, 0.4) is 0 Å². The van der Waals surface area contributed by atoms with Crippen LogP contribution in [0.2, 0.25) is 10.0 Å². The van der Waals surface area contributed by atoms with Crippen molar-refractivity contribution in [1.29, 1.82) is 0 Å². The van der Waals surface area contributed by atoms with Crippen molar-refractivity contribution in [3.63, 3.8) is 0 Å². The molecule has 0 spiro atoms. The van der Waals surface area contributed by atoms with E-state index in [1.807, 2.05) is 0 Å². The molecule has 22 heavy (non-hydrogen) atoms. The van der Waals surface area contributed by atoms with Crippen LogP contribution in [0.25, 0.3) is 22.2 Å². The van der Waals surface area contributed by atoms with E-state index >= 15 is 0 Å². The van der Waals surface area contributed by atoms with Gasteiger partial charge in [-0.2, -0.15) is 0 Å². The van der Waals surface area contributed by atoms with Gasteiger partial charge in [-0.25, -0.2) is 4.79 Å². The number of carboxylic acids is 1. The number of hydrogen-bond donors (Lipinski definition) is 2. The van der Waals surface area contributed by atoms with Crippen LogP contribution in [0.15, 0.2) is 47.3 Å². The number of aromatic carboxylic acids is 1. The number of pyridine rings is 1. The molecular formula is C16H9Cl2NO3. The largest absolute Gasteiger partial charge is 0.478 e. The van der Waals surface area contributed by atoms with E-state index in [1.165, 1.54) is 18.2 Å². The van der Waals surface area contributed by atoms with Gasteiger partial charge in [0.25, 0.3) is 0 Å². The van der Waals surface area contributed by atoms with E-state index in [2.05, 4.69) is 4.98 Å². The molecule has 1 heterocycles. The third kappa shape index (κ3) is 2.58. The number of carboxylic acid groups (broad SMARTS) is 1. The van der Waals surface area contributed by atoms with Crippen LogP contribution in [0.4, 0.5) is 0 Å². The molecule has 0 unspecified atom stereocenters. The van der Waals surface area contributed by atoms with Gasteiger partial charge < -0.3 is 10.1 Å². The fraction of sp³-hybridized carbons (Fsp3) is 0. The summed E-state index contributed by atoms with van der Waals surface area (Å²) in [5, 5.41) is 10.2. The van der Waals surface area contributed by atoms with Crippen molar-refractivity contribution < 1.29 is 9.90 Å². The molecule has 3 rings (SSSR count). The number of benzene rings is 2. The zero-order valence-corrected chi connectivity index (χ0v) is 12.6. The number of fused-ring (bicyclic) bond motifs is 1. The lowest BCUT2D eigenvalue weighted by atomic mass is 10.1. The molecule has 0 amide bonds. The maximum atomic E-state index is 12.2. The molecule has 6 heteroatoms. The minimum Gasteiger partial charge on any atom is -0.478 e. The summed E-state index contributed by atoms with van der Waals surface area (Å²) < 4.78 is 0. The van der Waals surface area contributed by atoms with Crippen molar-refractivity contribution in [3.8, 4) is 11.3 Å². The molecule has 0 atom stereocenters. The van der Waals surface area contributed by atoms with E-state index in [-0.39, 0.29) is 11.0 Å². The van der Waals surface area contributed by atoms with Crippen molar-refractivity contribution in [2.75, 3.05) is 0 Å². The van der Waals surface area contributed by atoms with E-state index in [0.29, 0.717) is 32.2 Å². The van der Waals surface area contributed by atoms with Gasteiger partial charge >= 0.3 is 5.97 Å². The standard InChI is InChI=1S/C16H9Cl2NO3/c17-9-2-3-10(12(18)6-9)14-7-15(20)11-5-8(16(21)22)1-4-13(11)19-14/h1-7H,(H,19,20)(H,21,22). The molecule has 2 aromatic carbocycles. The van der Waals surface area contributed by atoms with Crippen molar-refractivity contribution in [2.45, 2.75) is 0 Å². The molecule has 0 radical (unpaired) electrons. The predicted molar refractivity (Wildman–Crippen MR) is 87.0 cm³/mol. The Bertz CT molecular complexity index is 963. The van der Waals surface area contributed by atoms with Gasteiger partial charge in [0.2, 0.25) is 0 Å². The fourth-order valence-corrected chi connectivity index (χ4v) is 2.74. The van der Waals surface area contributed by atoms with E-state index in [1.54, 1.807) is 24.3 Å². The summed E-state index contributed by atoms with van der Waals surface area (Å²) >= 11 is 12.0. The summed E-state index contributed by atoms with van der Waals surface area (Å²) in [6.07, 6.45) is 0. The number of hydrogen-bond acceptors (Lipinski definition) is 2. The molecule has 2 N–H and O–H groups in total. The summed E-state index contributed by atoms with van der Waals surface area (Å²) in [6, 6.07) is 10.7. The molecule has 0 aliphatic heterocycles. The SMILES string of the molecule is O=C(O)c1ccc2[nH]c(-c3ccc(Cl)cc3Cl)cc(=O)c2c1. The number of carbonyl (C=O) groups is 1. The number of H-pyrrole nitrogens is 1. The maximum Gasteiger partial charge on any atom is 0.335 e. The Labute approximate surface area is 134 Å². The van der Waals surface area contributed by atoms with Gasteiger partial charge in [-0.3, -0.25) is 4.79 Å². The van der Waals surface area contributed by atoms with E-state index in [4.69, 9.17) is 28.3 Å². The lowest BCUT2D eigenvalue weighted by Gasteiger charge is -2.07. The summed E-state index contributed by atoms with van der Waals surface area (Å²) in [5.41, 5.74) is 1.52. The first-order valence-corrected chi connectivity index (χ1v) is 7.07. The molecule has 0 aliphatic rings. The van der Waals surface area contributed by atoms with Gasteiger partial charge in [-0.1, -0.05) is 23.2 Å². The second-order valence-corrected chi connectivity index (χ2v) is 5.58. The van der Waals surface area contributed by atoms with E-state index < -0.39 is 5.97 Å². The third-order valence-corrected chi connectivity index (χ3v) is 3.85. The Kier molecular flexibility index (Phi) is 3.64. The molecular weight excluding hydrogens is 325 g/mol. The molecule has 1 aromatic heterocycles. The highest BCUT2D eigenvalue weighted by Gasteiger charge is 2.10. The van der Waals surface area contributed by atoms with Gasteiger partial charge in [0.05, 0.1) is 16.3 Å². The van der Waals surface area contributed by atoms with E-state index in [0.717, 1.165) is 0 Å². The smallest absolute Gasteiger partial charge is 0.335 e. The fourth-order valence-electron chi connectivity index (χ4n) is 2.23. The Morgan fingerprint density at radius 3 is 2.50 bits per heavy atom. The second kappa shape index (κ2) is 5.48. The summed E-state index contributed by atoms with van der Waals surface area (Å²) in [6.45, 7) is 0. The number of aromatic nitrogens is 1. The van der Waals surface area contributed by atoms with Gasteiger partial charge in [-0.05, 0) is 36.4 Å². The van der Waals surface area contributed by atoms with Crippen molar-refractivity contribution >= 4 is 40.1 Å². The Balaban J connectivity index is 2.23. The molecule has 0 bridgehead atoms. The lowest BCUT2D eigenvalue weighted by molar-refractivity contribution is 0.0697. The normalized spacial score (nSPS) is 10.8. The quantitative estimate of drug-likeness (QED) is 0.738. The van der Waals surface area contributed by atoms with Crippen LogP contribution < -0.4 is 5.43 Å².